The topological polar surface area (TPSA) is 50.8 Å². The van der Waals surface area contributed by atoms with Gasteiger partial charge in [0.15, 0.2) is 11.5 Å². The van der Waals surface area contributed by atoms with Crippen LogP contribution in [0.5, 0.6) is 11.5 Å². The molecule has 0 bridgehead atoms. The Balaban J connectivity index is 1.62. The van der Waals surface area contributed by atoms with Crippen molar-refractivity contribution in [3.8, 4) is 11.5 Å². The molecule has 0 spiro atoms. The molecule has 2 aromatic rings. The van der Waals surface area contributed by atoms with E-state index < -0.39 is 24.9 Å². The highest BCUT2D eigenvalue weighted by Gasteiger charge is 2.43. The molecule has 0 saturated carbocycles. The molecule has 28 heavy (non-hydrogen) atoms. The van der Waals surface area contributed by atoms with Gasteiger partial charge in [-0.05, 0) is 23.3 Å². The first-order valence-corrected chi connectivity index (χ1v) is 9.08. The minimum atomic E-state index is -2.83. The summed E-state index contributed by atoms with van der Waals surface area (Å²) in [5, 5.41) is 2.59. The summed E-state index contributed by atoms with van der Waals surface area (Å²) in [6, 6.07) is 14.3. The van der Waals surface area contributed by atoms with Gasteiger partial charge in [0, 0.05) is 20.0 Å². The Labute approximate surface area is 163 Å². The van der Waals surface area contributed by atoms with Crippen LogP contribution in [0.4, 0.5) is 8.78 Å². The van der Waals surface area contributed by atoms with Gasteiger partial charge in [-0.3, -0.25) is 10.1 Å². The lowest BCUT2D eigenvalue weighted by Crippen LogP contribution is -2.41. The van der Waals surface area contributed by atoms with Gasteiger partial charge in [0.2, 0.25) is 5.91 Å². The summed E-state index contributed by atoms with van der Waals surface area (Å²) < 4.78 is 37.9. The van der Waals surface area contributed by atoms with Crippen molar-refractivity contribution in [3.05, 3.63) is 59.7 Å². The maximum absolute atomic E-state index is 13.3. The number of amides is 1. The van der Waals surface area contributed by atoms with Crippen LogP contribution < -0.4 is 14.8 Å². The third-order valence-electron chi connectivity index (χ3n) is 4.67. The van der Waals surface area contributed by atoms with E-state index in [0.29, 0.717) is 18.1 Å². The van der Waals surface area contributed by atoms with Crippen LogP contribution in [0.1, 0.15) is 17.5 Å². The molecule has 2 aromatic carbocycles. The maximum Gasteiger partial charge on any atom is 0.262 e. The van der Waals surface area contributed by atoms with Crippen molar-refractivity contribution in [3.63, 3.8) is 0 Å². The molecule has 1 saturated heterocycles. The number of hydrogen-bond donors (Lipinski definition) is 1. The van der Waals surface area contributed by atoms with Crippen LogP contribution in [-0.2, 0) is 17.9 Å². The minimum Gasteiger partial charge on any atom is -0.493 e. The molecule has 1 aliphatic heterocycles. The Hall–Kier alpha value is -2.67. The lowest BCUT2D eigenvalue weighted by atomic mass is 10.1. The Morgan fingerprint density at radius 1 is 1.18 bits per heavy atom. The first-order valence-electron chi connectivity index (χ1n) is 9.08. The van der Waals surface area contributed by atoms with E-state index >= 15 is 0 Å². The van der Waals surface area contributed by atoms with Crippen molar-refractivity contribution < 1.29 is 23.0 Å². The van der Waals surface area contributed by atoms with Crippen molar-refractivity contribution in [1.29, 1.82) is 0 Å². The van der Waals surface area contributed by atoms with Crippen LogP contribution in [0.2, 0.25) is 0 Å². The summed E-state index contributed by atoms with van der Waals surface area (Å²) >= 11 is 0. The average Bonchev–Trinajstić information content (AvgIpc) is 3.06. The van der Waals surface area contributed by atoms with Crippen molar-refractivity contribution in [2.75, 3.05) is 20.7 Å². The second-order valence-electron chi connectivity index (χ2n) is 6.95. The molecule has 3 rings (SSSR count). The molecule has 150 valence electrons. The number of halogens is 2. The fraction of sp³-hybridized carbons (Fsp3) is 0.381. The highest BCUT2D eigenvalue weighted by atomic mass is 19.3. The van der Waals surface area contributed by atoms with E-state index in [1.165, 1.54) is 4.90 Å². The number of likely N-dealkylation sites (N-methyl/N-ethyl adjacent to an activating group) is 1. The number of hydrogen-bond acceptors (Lipinski definition) is 4. The summed E-state index contributed by atoms with van der Waals surface area (Å²) in [6.45, 7) is 0.243. The van der Waals surface area contributed by atoms with Gasteiger partial charge in [-0.1, -0.05) is 36.4 Å². The first-order chi connectivity index (χ1) is 13.4. The van der Waals surface area contributed by atoms with E-state index in [2.05, 4.69) is 5.32 Å². The smallest absolute Gasteiger partial charge is 0.262 e. The van der Waals surface area contributed by atoms with Crippen LogP contribution in [0, 0.1) is 0 Å². The van der Waals surface area contributed by atoms with Gasteiger partial charge in [-0.2, -0.15) is 0 Å². The van der Waals surface area contributed by atoms with Crippen molar-refractivity contribution in [2.24, 2.45) is 0 Å². The Bertz CT molecular complexity index is 815. The van der Waals surface area contributed by atoms with Gasteiger partial charge in [0.1, 0.15) is 6.61 Å². The molecule has 0 aromatic heterocycles. The molecule has 1 fully saturated rings. The van der Waals surface area contributed by atoms with Gasteiger partial charge >= 0.3 is 0 Å². The van der Waals surface area contributed by atoms with E-state index in [4.69, 9.17) is 9.47 Å². The quantitative estimate of drug-likeness (QED) is 0.789. The zero-order valence-electron chi connectivity index (χ0n) is 16.0. The summed E-state index contributed by atoms with van der Waals surface area (Å²) in [4.78, 5) is 13.8. The number of ether oxygens (including phenoxy) is 2. The standard InChI is InChI=1S/C21H24F2N2O3/c1-25(20(26)17-11-21(22,23)14-24-17)12-16-8-9-18(19(10-16)27-2)28-13-15-6-4-3-5-7-15/h3-10,17,24H,11-14H2,1-2H3. The average molecular weight is 390 g/mol. The normalized spacial score (nSPS) is 17.9. The predicted octanol–water partition coefficient (Wildman–Crippen LogP) is 3.23. The van der Waals surface area contributed by atoms with Crippen LogP contribution in [0.15, 0.2) is 48.5 Å². The summed E-state index contributed by atoms with van der Waals surface area (Å²) in [5.74, 6) is -2.02. The van der Waals surface area contributed by atoms with E-state index in [-0.39, 0.29) is 12.5 Å². The molecule has 1 unspecified atom stereocenters. The fourth-order valence-corrected chi connectivity index (χ4v) is 3.17. The predicted molar refractivity (Wildman–Crippen MR) is 102 cm³/mol. The molecule has 0 aliphatic carbocycles. The largest absolute Gasteiger partial charge is 0.493 e. The van der Waals surface area contributed by atoms with Crippen LogP contribution in [0.3, 0.4) is 0 Å². The summed E-state index contributed by atoms with van der Waals surface area (Å²) in [5.41, 5.74) is 1.87. The molecule has 7 heteroatoms. The van der Waals surface area contributed by atoms with Gasteiger partial charge < -0.3 is 14.4 Å². The first kappa shape index (κ1) is 20.1. The lowest BCUT2D eigenvalue weighted by Gasteiger charge is -2.22. The molecule has 1 N–H and O–H groups in total. The third kappa shape index (κ3) is 4.98. The molecule has 1 amide bonds. The number of benzene rings is 2. The molecular weight excluding hydrogens is 366 g/mol. The third-order valence-corrected chi connectivity index (χ3v) is 4.67. The van der Waals surface area contributed by atoms with Crippen molar-refractivity contribution in [2.45, 2.75) is 31.5 Å². The van der Waals surface area contributed by atoms with Gasteiger partial charge in [-0.25, -0.2) is 8.78 Å². The van der Waals surface area contributed by atoms with Gasteiger partial charge in [0.25, 0.3) is 5.92 Å². The number of carbonyl (C=O) groups excluding carboxylic acids is 1. The van der Waals surface area contributed by atoms with Crippen molar-refractivity contribution in [1.82, 2.24) is 10.2 Å². The molecule has 1 atom stereocenters. The lowest BCUT2D eigenvalue weighted by molar-refractivity contribution is -0.132. The van der Waals surface area contributed by atoms with Crippen LogP contribution in [-0.4, -0.2) is 43.5 Å². The zero-order valence-corrected chi connectivity index (χ0v) is 16.0. The SMILES string of the molecule is COc1cc(CN(C)C(=O)C2CC(F)(F)CN2)ccc1OCc1ccccc1. The van der Waals surface area contributed by atoms with E-state index in [1.54, 1.807) is 26.3 Å². The Morgan fingerprint density at radius 3 is 2.57 bits per heavy atom. The molecular formula is C21H24F2N2O3. The number of alkyl halides is 2. The second kappa shape index (κ2) is 8.56. The fourth-order valence-electron chi connectivity index (χ4n) is 3.17. The number of carbonyl (C=O) groups is 1. The van der Waals surface area contributed by atoms with E-state index in [0.717, 1.165) is 11.1 Å². The highest BCUT2D eigenvalue weighted by Crippen LogP contribution is 2.30. The maximum atomic E-state index is 13.3. The molecule has 1 aliphatic rings. The van der Waals surface area contributed by atoms with Crippen LogP contribution >= 0.6 is 0 Å². The Morgan fingerprint density at radius 2 is 1.93 bits per heavy atom. The van der Waals surface area contributed by atoms with Gasteiger partial charge in [-0.15, -0.1) is 0 Å². The number of rotatable bonds is 7. The number of methoxy groups -OCH3 is 1. The van der Waals surface area contributed by atoms with Crippen LogP contribution in [0.25, 0.3) is 0 Å². The van der Waals surface area contributed by atoms with Gasteiger partial charge in [0.05, 0.1) is 19.7 Å². The molecule has 5 nitrogen and oxygen atoms in total. The van der Waals surface area contributed by atoms with E-state index in [9.17, 15) is 13.6 Å². The highest BCUT2D eigenvalue weighted by molar-refractivity contribution is 5.82. The monoisotopic (exact) mass is 390 g/mol. The zero-order chi connectivity index (χ0) is 20.1. The minimum absolute atomic E-state index is 0.290. The number of nitrogens with one attached hydrogen (secondary N) is 1. The number of nitrogens with zero attached hydrogens (tertiary/aromatic N) is 1. The van der Waals surface area contributed by atoms with E-state index in [1.807, 2.05) is 36.4 Å². The summed E-state index contributed by atoms with van der Waals surface area (Å²) in [7, 11) is 3.15. The second-order valence-corrected chi connectivity index (χ2v) is 6.95. The Kier molecular flexibility index (Phi) is 6.14. The van der Waals surface area contributed by atoms with Crippen molar-refractivity contribution >= 4 is 5.91 Å². The summed E-state index contributed by atoms with van der Waals surface area (Å²) in [6.07, 6.45) is -0.467. The molecule has 0 radical (unpaired) electrons. The molecule has 1 heterocycles.